The number of fused-ring (bicyclic) bond motifs is 1. The van der Waals surface area contributed by atoms with E-state index in [1.165, 1.54) is 0 Å². The zero-order valence-electron chi connectivity index (χ0n) is 25.1. The number of esters is 1. The summed E-state index contributed by atoms with van der Waals surface area (Å²) in [5.41, 5.74) is 11.2. The molecule has 0 saturated heterocycles. The molecule has 41 heavy (non-hydrogen) atoms. The lowest BCUT2D eigenvalue weighted by atomic mass is 10.0. The molecule has 0 aliphatic rings. The zero-order chi connectivity index (χ0) is 29.6. The molecule has 0 bridgehead atoms. The Hall–Kier alpha value is -3.46. The largest absolute Gasteiger partial charge is 0.489 e. The van der Waals surface area contributed by atoms with Crippen molar-refractivity contribution in [2.75, 3.05) is 13.2 Å². The molecule has 218 valence electrons. The fourth-order valence-corrected chi connectivity index (χ4v) is 5.43. The Morgan fingerprint density at radius 1 is 1.07 bits per heavy atom. The second kappa shape index (κ2) is 13.0. The van der Waals surface area contributed by atoms with Crippen molar-refractivity contribution in [1.82, 2.24) is 4.98 Å². The number of furan rings is 1. The predicted molar refractivity (Wildman–Crippen MR) is 165 cm³/mol. The van der Waals surface area contributed by atoms with Crippen molar-refractivity contribution in [3.05, 3.63) is 83.4 Å². The summed E-state index contributed by atoms with van der Waals surface area (Å²) in [5.74, 6) is 1.27. The Morgan fingerprint density at radius 2 is 1.85 bits per heavy atom. The van der Waals surface area contributed by atoms with Gasteiger partial charge in [-0.15, -0.1) is 0 Å². The van der Waals surface area contributed by atoms with E-state index in [1.807, 2.05) is 36.4 Å². The minimum atomic E-state index is -1.85. The highest BCUT2D eigenvalue weighted by molar-refractivity contribution is 6.74. The Bertz CT molecular complexity index is 1490. The first-order chi connectivity index (χ1) is 19.5. The highest BCUT2D eigenvalue weighted by Gasteiger charge is 2.37. The first-order valence-electron chi connectivity index (χ1n) is 14.2. The van der Waals surface area contributed by atoms with Crippen molar-refractivity contribution in [2.24, 2.45) is 5.73 Å². The number of para-hydroxylation sites is 1. The van der Waals surface area contributed by atoms with Gasteiger partial charge < -0.3 is 24.1 Å². The number of nitrogens with zero attached hydrogens (tertiary/aromatic N) is 1. The second-order valence-electron chi connectivity index (χ2n) is 11.8. The minimum absolute atomic E-state index is 0.153. The maximum Gasteiger partial charge on any atom is 0.310 e. The van der Waals surface area contributed by atoms with Gasteiger partial charge in [0, 0.05) is 42.3 Å². The van der Waals surface area contributed by atoms with E-state index in [0.717, 1.165) is 44.7 Å². The number of carbonyl (C=O) groups is 1. The molecule has 7 nitrogen and oxygen atoms in total. The Labute approximate surface area is 244 Å². The van der Waals surface area contributed by atoms with E-state index in [-0.39, 0.29) is 17.4 Å². The van der Waals surface area contributed by atoms with Crippen molar-refractivity contribution in [3.63, 3.8) is 0 Å². The van der Waals surface area contributed by atoms with Gasteiger partial charge in [0.2, 0.25) is 0 Å². The molecular formula is C33H42N2O5Si. The van der Waals surface area contributed by atoms with Crippen molar-refractivity contribution in [3.8, 4) is 16.9 Å². The molecule has 2 aromatic carbocycles. The number of rotatable bonds is 12. The predicted octanol–water partition coefficient (Wildman–Crippen LogP) is 7.20. The summed E-state index contributed by atoms with van der Waals surface area (Å²) in [6, 6.07) is 17.8. The summed E-state index contributed by atoms with van der Waals surface area (Å²) < 4.78 is 24.2. The normalized spacial score (nSPS) is 12.1. The van der Waals surface area contributed by atoms with Gasteiger partial charge in [-0.2, -0.15) is 0 Å². The quantitative estimate of drug-likeness (QED) is 0.141. The Morgan fingerprint density at radius 3 is 2.59 bits per heavy atom. The number of ether oxygens (including phenoxy) is 2. The summed E-state index contributed by atoms with van der Waals surface area (Å²) >= 11 is 0. The molecule has 0 saturated carbocycles. The van der Waals surface area contributed by atoms with E-state index in [4.69, 9.17) is 24.1 Å². The van der Waals surface area contributed by atoms with Crippen molar-refractivity contribution >= 4 is 25.3 Å². The molecule has 2 N–H and O–H groups in total. The van der Waals surface area contributed by atoms with E-state index < -0.39 is 8.32 Å². The molecule has 0 amide bonds. The van der Waals surface area contributed by atoms with E-state index in [2.05, 4.69) is 57.0 Å². The fraction of sp³-hybridized carbons (Fsp3) is 0.394. The maximum absolute atomic E-state index is 12.1. The third kappa shape index (κ3) is 7.64. The number of pyridine rings is 1. The van der Waals surface area contributed by atoms with E-state index in [0.29, 0.717) is 38.5 Å². The topological polar surface area (TPSA) is 96.8 Å². The molecule has 2 heterocycles. The highest BCUT2D eigenvalue weighted by atomic mass is 28.4. The number of benzene rings is 2. The molecule has 2 aromatic heterocycles. The van der Waals surface area contributed by atoms with Gasteiger partial charge in [-0.3, -0.25) is 9.78 Å². The summed E-state index contributed by atoms with van der Waals surface area (Å²) in [6.45, 7) is 14.7. The van der Waals surface area contributed by atoms with E-state index in [1.54, 1.807) is 13.1 Å². The van der Waals surface area contributed by atoms with Gasteiger partial charge in [-0.25, -0.2) is 0 Å². The zero-order valence-corrected chi connectivity index (χ0v) is 26.1. The molecule has 0 aliphatic heterocycles. The number of carbonyl (C=O) groups excluding carboxylic acids is 1. The van der Waals surface area contributed by atoms with Gasteiger partial charge >= 0.3 is 5.97 Å². The summed E-state index contributed by atoms with van der Waals surface area (Å²) in [5, 5.41) is 1.15. The van der Waals surface area contributed by atoms with E-state index >= 15 is 0 Å². The van der Waals surface area contributed by atoms with Gasteiger partial charge in [-0.1, -0.05) is 39.0 Å². The standard InChI is InChI=1S/C33H42N2O5Si/c1-7-37-31(36)20-25-10-8-9-11-30(25)38-22-23-16-26-19-28(13-15-39-41(5,6)33(2,3)4)40-32(26)29(17-23)24-12-14-35-27(18-24)21-34/h8-12,14,16-19H,7,13,15,20-22,34H2,1-6H3. The lowest BCUT2D eigenvalue weighted by Gasteiger charge is -2.36. The molecule has 0 unspecified atom stereocenters. The average Bonchev–Trinajstić information content (AvgIpc) is 3.34. The third-order valence-electron chi connectivity index (χ3n) is 7.69. The van der Waals surface area contributed by atoms with Crippen molar-refractivity contribution in [1.29, 1.82) is 0 Å². The summed E-state index contributed by atoms with van der Waals surface area (Å²) in [4.78, 5) is 16.5. The van der Waals surface area contributed by atoms with Crippen LogP contribution in [-0.4, -0.2) is 32.5 Å². The van der Waals surface area contributed by atoms with Crippen LogP contribution >= 0.6 is 0 Å². The number of nitrogens with two attached hydrogens (primary N) is 1. The molecule has 4 rings (SSSR count). The van der Waals surface area contributed by atoms with Gasteiger partial charge in [-0.05, 0) is 72.6 Å². The van der Waals surface area contributed by atoms with Crippen LogP contribution in [0.1, 0.15) is 50.3 Å². The van der Waals surface area contributed by atoms with Crippen LogP contribution < -0.4 is 10.5 Å². The summed E-state index contributed by atoms with van der Waals surface area (Å²) in [6.07, 6.45) is 2.63. The molecule has 4 aromatic rings. The highest BCUT2D eigenvalue weighted by Crippen LogP contribution is 2.37. The van der Waals surface area contributed by atoms with Crippen LogP contribution in [0.2, 0.25) is 18.1 Å². The van der Waals surface area contributed by atoms with Crippen LogP contribution in [-0.2, 0) is 40.0 Å². The van der Waals surface area contributed by atoms with Gasteiger partial charge in [0.25, 0.3) is 0 Å². The van der Waals surface area contributed by atoms with Gasteiger partial charge in [0.1, 0.15) is 23.7 Å². The molecule has 0 atom stereocenters. The fourth-order valence-electron chi connectivity index (χ4n) is 4.39. The third-order valence-corrected chi connectivity index (χ3v) is 12.2. The van der Waals surface area contributed by atoms with Crippen LogP contribution in [0.4, 0.5) is 0 Å². The van der Waals surface area contributed by atoms with Gasteiger partial charge in [0.15, 0.2) is 8.32 Å². The molecule has 0 fully saturated rings. The van der Waals surface area contributed by atoms with Gasteiger partial charge in [0.05, 0.1) is 18.7 Å². The van der Waals surface area contributed by atoms with Crippen molar-refractivity contribution < 1.29 is 23.1 Å². The molecule has 8 heteroatoms. The van der Waals surface area contributed by atoms with Crippen LogP contribution in [0.25, 0.3) is 22.1 Å². The SMILES string of the molecule is CCOC(=O)Cc1ccccc1OCc1cc(-c2ccnc(CN)c2)c2oc(CCO[Si](C)(C)C(C)(C)C)cc2c1. The van der Waals surface area contributed by atoms with Crippen LogP contribution in [0.15, 0.2) is 65.2 Å². The lowest BCUT2D eigenvalue weighted by Crippen LogP contribution is -2.41. The first kappa shape index (κ1) is 30.5. The number of hydrogen-bond acceptors (Lipinski definition) is 7. The monoisotopic (exact) mass is 574 g/mol. The second-order valence-corrected chi connectivity index (χ2v) is 16.6. The number of aromatic nitrogens is 1. The molecular weight excluding hydrogens is 532 g/mol. The van der Waals surface area contributed by atoms with Crippen molar-refractivity contribution in [2.45, 2.75) is 71.8 Å². The lowest BCUT2D eigenvalue weighted by molar-refractivity contribution is -0.142. The average molecular weight is 575 g/mol. The van der Waals surface area contributed by atoms with Crippen LogP contribution in [0.5, 0.6) is 5.75 Å². The van der Waals surface area contributed by atoms with E-state index in [9.17, 15) is 4.79 Å². The van der Waals surface area contributed by atoms with Crippen LogP contribution in [0, 0.1) is 0 Å². The smallest absolute Gasteiger partial charge is 0.310 e. The van der Waals surface area contributed by atoms with Crippen LogP contribution in [0.3, 0.4) is 0 Å². The Kier molecular flexibility index (Phi) is 9.68. The minimum Gasteiger partial charge on any atom is -0.489 e. The molecule has 0 aliphatic carbocycles. The molecule has 0 radical (unpaired) electrons. The first-order valence-corrected chi connectivity index (χ1v) is 17.1. The molecule has 0 spiro atoms. The number of hydrogen-bond donors (Lipinski definition) is 1. The maximum atomic E-state index is 12.1. The summed E-state index contributed by atoms with van der Waals surface area (Å²) in [7, 11) is -1.85. The Balaban J connectivity index is 1.62.